The molecule has 2 N–H and O–H groups in total. The van der Waals surface area contributed by atoms with Crippen LogP contribution in [0.5, 0.6) is 0 Å². The third-order valence-electron chi connectivity index (χ3n) is 1.97. The zero-order valence-electron chi connectivity index (χ0n) is 8.63. The molecule has 0 saturated heterocycles. The van der Waals surface area contributed by atoms with Crippen molar-refractivity contribution < 1.29 is 0 Å². The first-order chi connectivity index (χ1) is 6.65. The van der Waals surface area contributed by atoms with Gasteiger partial charge in [0.25, 0.3) is 0 Å². The fraction of sp³-hybridized carbons (Fsp3) is 0.600. The molecule has 0 spiro atoms. The minimum Gasteiger partial charge on any atom is -0.330 e. The topological polar surface area (TPSA) is 51.8 Å². The number of nitrogens with zero attached hydrogens (tertiary/aromatic N) is 2. The maximum absolute atomic E-state index is 5.47. The van der Waals surface area contributed by atoms with Crippen molar-refractivity contribution in [3.63, 3.8) is 0 Å². The molecule has 0 aliphatic rings. The second-order valence-electron chi connectivity index (χ2n) is 3.57. The van der Waals surface area contributed by atoms with Gasteiger partial charge in [-0.15, -0.1) is 0 Å². The SMILES string of the molecule is CC(C)c1ncc(Br)c(CCCN)n1. The maximum atomic E-state index is 5.47. The molecule has 0 atom stereocenters. The summed E-state index contributed by atoms with van der Waals surface area (Å²) in [7, 11) is 0. The van der Waals surface area contributed by atoms with Gasteiger partial charge >= 0.3 is 0 Å². The smallest absolute Gasteiger partial charge is 0.131 e. The zero-order valence-corrected chi connectivity index (χ0v) is 10.2. The van der Waals surface area contributed by atoms with Crippen LogP contribution in [0.15, 0.2) is 10.7 Å². The summed E-state index contributed by atoms with van der Waals surface area (Å²) in [5.74, 6) is 1.28. The van der Waals surface area contributed by atoms with E-state index >= 15 is 0 Å². The molecule has 3 nitrogen and oxygen atoms in total. The molecule has 78 valence electrons. The molecule has 0 fully saturated rings. The van der Waals surface area contributed by atoms with Crippen molar-refractivity contribution >= 4 is 15.9 Å². The molecule has 1 heterocycles. The van der Waals surface area contributed by atoms with Crippen molar-refractivity contribution in [1.82, 2.24) is 9.97 Å². The summed E-state index contributed by atoms with van der Waals surface area (Å²) in [6, 6.07) is 0. The van der Waals surface area contributed by atoms with Crippen LogP contribution in [0.1, 0.15) is 37.7 Å². The molecule has 0 aliphatic heterocycles. The molecule has 1 aromatic heterocycles. The number of aromatic nitrogens is 2. The highest BCUT2D eigenvalue weighted by Gasteiger charge is 2.07. The fourth-order valence-electron chi connectivity index (χ4n) is 1.14. The molecule has 0 radical (unpaired) electrons. The number of aryl methyl sites for hydroxylation is 1. The minimum absolute atomic E-state index is 0.375. The van der Waals surface area contributed by atoms with E-state index < -0.39 is 0 Å². The van der Waals surface area contributed by atoms with Crippen molar-refractivity contribution in [2.45, 2.75) is 32.6 Å². The highest BCUT2D eigenvalue weighted by Crippen LogP contribution is 2.17. The Bertz CT molecular complexity index is 299. The normalized spacial score (nSPS) is 10.9. The van der Waals surface area contributed by atoms with Gasteiger partial charge in [-0.25, -0.2) is 9.97 Å². The van der Waals surface area contributed by atoms with E-state index in [1.54, 1.807) is 0 Å². The average molecular weight is 258 g/mol. The van der Waals surface area contributed by atoms with E-state index in [1.165, 1.54) is 0 Å². The van der Waals surface area contributed by atoms with Gasteiger partial charge in [-0.3, -0.25) is 0 Å². The van der Waals surface area contributed by atoms with Gasteiger partial charge in [0, 0.05) is 12.1 Å². The summed E-state index contributed by atoms with van der Waals surface area (Å²) in [4.78, 5) is 8.75. The van der Waals surface area contributed by atoms with E-state index in [-0.39, 0.29) is 0 Å². The molecule has 1 rings (SSSR count). The average Bonchev–Trinajstić information content (AvgIpc) is 2.16. The largest absolute Gasteiger partial charge is 0.330 e. The van der Waals surface area contributed by atoms with Gasteiger partial charge in [0.05, 0.1) is 10.2 Å². The molecule has 1 aromatic rings. The third kappa shape index (κ3) is 3.03. The molecule has 0 aromatic carbocycles. The maximum Gasteiger partial charge on any atom is 0.131 e. The van der Waals surface area contributed by atoms with E-state index in [1.807, 2.05) is 6.20 Å². The van der Waals surface area contributed by atoms with Crippen LogP contribution in [-0.2, 0) is 6.42 Å². The van der Waals surface area contributed by atoms with Crippen molar-refractivity contribution in [2.24, 2.45) is 5.73 Å². The predicted octanol–water partition coefficient (Wildman–Crippen LogP) is 2.25. The Labute approximate surface area is 93.3 Å². The second kappa shape index (κ2) is 5.41. The van der Waals surface area contributed by atoms with Gasteiger partial charge in [-0.1, -0.05) is 13.8 Å². The first-order valence-corrected chi connectivity index (χ1v) is 5.65. The summed E-state index contributed by atoms with van der Waals surface area (Å²) in [6.45, 7) is 4.89. The molecule has 0 unspecified atom stereocenters. The Hall–Kier alpha value is -0.480. The first kappa shape index (κ1) is 11.6. The standard InChI is InChI=1S/C10H16BrN3/c1-7(2)10-13-6-8(11)9(14-10)4-3-5-12/h6-7H,3-5,12H2,1-2H3. The highest BCUT2D eigenvalue weighted by atomic mass is 79.9. The van der Waals surface area contributed by atoms with E-state index in [9.17, 15) is 0 Å². The van der Waals surface area contributed by atoms with Gasteiger partial charge in [0.15, 0.2) is 0 Å². The number of hydrogen-bond acceptors (Lipinski definition) is 3. The summed E-state index contributed by atoms with van der Waals surface area (Å²) in [5, 5.41) is 0. The zero-order chi connectivity index (χ0) is 10.6. The molecular weight excluding hydrogens is 242 g/mol. The lowest BCUT2D eigenvalue weighted by atomic mass is 10.2. The van der Waals surface area contributed by atoms with Crippen LogP contribution in [0.25, 0.3) is 0 Å². The Morgan fingerprint density at radius 3 is 2.79 bits per heavy atom. The quantitative estimate of drug-likeness (QED) is 0.901. The van der Waals surface area contributed by atoms with Crippen LogP contribution in [-0.4, -0.2) is 16.5 Å². The number of nitrogens with two attached hydrogens (primary N) is 1. The van der Waals surface area contributed by atoms with E-state index in [0.29, 0.717) is 12.5 Å². The van der Waals surface area contributed by atoms with Crippen LogP contribution >= 0.6 is 15.9 Å². The van der Waals surface area contributed by atoms with Crippen molar-refractivity contribution in [1.29, 1.82) is 0 Å². The lowest BCUT2D eigenvalue weighted by Gasteiger charge is -2.07. The lowest BCUT2D eigenvalue weighted by molar-refractivity contribution is 0.733. The summed E-state index contributed by atoms with van der Waals surface area (Å²) >= 11 is 3.44. The Morgan fingerprint density at radius 1 is 1.50 bits per heavy atom. The fourth-order valence-corrected chi connectivity index (χ4v) is 1.53. The Morgan fingerprint density at radius 2 is 2.21 bits per heavy atom. The van der Waals surface area contributed by atoms with E-state index in [2.05, 4.69) is 39.7 Å². The molecule has 0 aliphatic carbocycles. The van der Waals surface area contributed by atoms with Gasteiger partial charge in [0.1, 0.15) is 5.82 Å². The van der Waals surface area contributed by atoms with Crippen molar-refractivity contribution in [3.8, 4) is 0 Å². The van der Waals surface area contributed by atoms with Crippen LogP contribution < -0.4 is 5.73 Å². The number of hydrogen-bond donors (Lipinski definition) is 1. The van der Waals surface area contributed by atoms with Crippen LogP contribution in [0.4, 0.5) is 0 Å². The van der Waals surface area contributed by atoms with Crippen LogP contribution in [0.2, 0.25) is 0 Å². The van der Waals surface area contributed by atoms with Crippen LogP contribution in [0.3, 0.4) is 0 Å². The highest BCUT2D eigenvalue weighted by molar-refractivity contribution is 9.10. The molecule has 0 bridgehead atoms. The molecule has 0 saturated carbocycles. The van der Waals surface area contributed by atoms with Gasteiger partial charge in [-0.05, 0) is 35.3 Å². The monoisotopic (exact) mass is 257 g/mol. The Kier molecular flexibility index (Phi) is 4.48. The number of rotatable bonds is 4. The minimum atomic E-state index is 0.375. The summed E-state index contributed by atoms with van der Waals surface area (Å²) in [6.07, 6.45) is 3.71. The molecule has 14 heavy (non-hydrogen) atoms. The van der Waals surface area contributed by atoms with Crippen molar-refractivity contribution in [3.05, 3.63) is 22.2 Å². The van der Waals surface area contributed by atoms with Crippen molar-refractivity contribution in [2.75, 3.05) is 6.54 Å². The van der Waals surface area contributed by atoms with Gasteiger partial charge < -0.3 is 5.73 Å². The summed E-state index contributed by atoms with van der Waals surface area (Å²) in [5.41, 5.74) is 6.53. The predicted molar refractivity (Wildman–Crippen MR) is 61.2 cm³/mol. The summed E-state index contributed by atoms with van der Waals surface area (Å²) < 4.78 is 0.982. The second-order valence-corrected chi connectivity index (χ2v) is 4.42. The van der Waals surface area contributed by atoms with Gasteiger partial charge in [0.2, 0.25) is 0 Å². The molecule has 0 amide bonds. The lowest BCUT2D eigenvalue weighted by Crippen LogP contribution is -2.05. The molecule has 4 heteroatoms. The molecular formula is C10H16BrN3. The van der Waals surface area contributed by atoms with E-state index in [4.69, 9.17) is 5.73 Å². The van der Waals surface area contributed by atoms with Gasteiger partial charge in [-0.2, -0.15) is 0 Å². The third-order valence-corrected chi connectivity index (χ3v) is 2.63. The number of halogens is 1. The van der Waals surface area contributed by atoms with Crippen LogP contribution in [0, 0.1) is 0 Å². The van der Waals surface area contributed by atoms with E-state index in [0.717, 1.165) is 28.8 Å². The Balaban J connectivity index is 2.85. The first-order valence-electron chi connectivity index (χ1n) is 4.86.